The first-order valence-corrected chi connectivity index (χ1v) is 9.73. The number of nitrogens with one attached hydrogen (secondary N) is 1. The number of imidazole rings is 1. The highest BCUT2D eigenvalue weighted by molar-refractivity contribution is 5.81. The number of rotatable bonds is 5. The Hall–Kier alpha value is -4.00. The summed E-state index contributed by atoms with van der Waals surface area (Å²) in [5.74, 6) is 1.29. The van der Waals surface area contributed by atoms with E-state index in [0.29, 0.717) is 28.7 Å². The summed E-state index contributed by atoms with van der Waals surface area (Å²) in [6.45, 7) is 1.66. The van der Waals surface area contributed by atoms with Gasteiger partial charge in [0.2, 0.25) is 11.2 Å². The molecular weight excluding hydrogens is 394 g/mol. The van der Waals surface area contributed by atoms with Crippen LogP contribution in [0.25, 0.3) is 34.1 Å². The molecule has 0 aliphatic carbocycles. The number of aromatic amines is 1. The average Bonchev–Trinajstić information content (AvgIpc) is 3.21. The van der Waals surface area contributed by atoms with Crippen LogP contribution in [0.4, 0.5) is 5.69 Å². The predicted molar refractivity (Wildman–Crippen MR) is 121 cm³/mol. The number of hydrogen-bond acceptors (Lipinski definition) is 6. The standard InChI is InChI=1S/C24H23N3O4/c1-14-13-19(28)22(29)23(31-14)21-20(15-7-11-18(30-4)12-8-15)25-24(26-21)16-5-9-17(10-6-16)27(2)3/h5-13,29H,1-4H3,(H,25,26). The zero-order valence-corrected chi connectivity index (χ0v) is 17.8. The summed E-state index contributed by atoms with van der Waals surface area (Å²) in [6.07, 6.45) is 0. The molecule has 7 heteroatoms. The number of hydrogen-bond donors (Lipinski definition) is 2. The number of nitrogens with zero attached hydrogens (tertiary/aromatic N) is 2. The lowest BCUT2D eigenvalue weighted by atomic mass is 10.1. The Labute approximate surface area is 179 Å². The SMILES string of the molecule is COc1ccc(-c2nc(-c3ccc(N(C)C)cc3)[nH]c2-c2oc(C)cc(=O)c2O)cc1. The first kappa shape index (κ1) is 20.3. The van der Waals surface area contributed by atoms with E-state index >= 15 is 0 Å². The van der Waals surface area contributed by atoms with E-state index in [1.54, 1.807) is 14.0 Å². The average molecular weight is 417 g/mol. The number of aryl methyl sites for hydroxylation is 1. The quantitative estimate of drug-likeness (QED) is 0.498. The summed E-state index contributed by atoms with van der Waals surface area (Å²) in [5.41, 5.74) is 3.18. The maximum absolute atomic E-state index is 12.2. The summed E-state index contributed by atoms with van der Waals surface area (Å²) in [4.78, 5) is 22.2. The molecule has 4 rings (SSSR count). The summed E-state index contributed by atoms with van der Waals surface area (Å²) in [6, 6.07) is 16.5. The van der Waals surface area contributed by atoms with Gasteiger partial charge >= 0.3 is 0 Å². The Morgan fingerprint density at radius 3 is 2.29 bits per heavy atom. The van der Waals surface area contributed by atoms with Crippen molar-refractivity contribution >= 4 is 5.69 Å². The van der Waals surface area contributed by atoms with E-state index in [1.807, 2.05) is 67.5 Å². The molecule has 31 heavy (non-hydrogen) atoms. The van der Waals surface area contributed by atoms with Crippen molar-refractivity contribution in [3.63, 3.8) is 0 Å². The lowest BCUT2D eigenvalue weighted by molar-refractivity contribution is 0.415. The maximum Gasteiger partial charge on any atom is 0.227 e. The lowest BCUT2D eigenvalue weighted by Crippen LogP contribution is -2.07. The molecule has 2 aromatic heterocycles. The largest absolute Gasteiger partial charge is 0.501 e. The van der Waals surface area contributed by atoms with Crippen molar-refractivity contribution < 1.29 is 14.3 Å². The van der Waals surface area contributed by atoms with Gasteiger partial charge < -0.3 is 24.1 Å². The van der Waals surface area contributed by atoms with Gasteiger partial charge in [0, 0.05) is 37.0 Å². The number of benzene rings is 2. The summed E-state index contributed by atoms with van der Waals surface area (Å²) in [5, 5.41) is 10.4. The molecule has 2 aromatic carbocycles. The second kappa shape index (κ2) is 8.02. The predicted octanol–water partition coefficient (Wildman–Crippen LogP) is 4.45. The van der Waals surface area contributed by atoms with Crippen LogP contribution < -0.4 is 15.1 Å². The van der Waals surface area contributed by atoms with Gasteiger partial charge in [-0.05, 0) is 55.5 Å². The Kier molecular flexibility index (Phi) is 5.25. The van der Waals surface area contributed by atoms with Crippen LogP contribution in [-0.2, 0) is 0 Å². The topological polar surface area (TPSA) is 91.6 Å². The molecule has 0 radical (unpaired) electrons. The van der Waals surface area contributed by atoms with Crippen LogP contribution in [0, 0.1) is 6.92 Å². The minimum Gasteiger partial charge on any atom is -0.501 e. The van der Waals surface area contributed by atoms with Gasteiger partial charge in [-0.2, -0.15) is 0 Å². The normalized spacial score (nSPS) is 10.8. The van der Waals surface area contributed by atoms with Crippen molar-refractivity contribution in [2.24, 2.45) is 0 Å². The van der Waals surface area contributed by atoms with Gasteiger partial charge in [0.1, 0.15) is 28.7 Å². The van der Waals surface area contributed by atoms with Crippen LogP contribution >= 0.6 is 0 Å². The third-order valence-corrected chi connectivity index (χ3v) is 5.00. The molecular formula is C24H23N3O4. The molecule has 0 saturated heterocycles. The monoisotopic (exact) mass is 417 g/mol. The van der Waals surface area contributed by atoms with Crippen LogP contribution in [0.2, 0.25) is 0 Å². The highest BCUT2D eigenvalue weighted by Crippen LogP contribution is 2.37. The van der Waals surface area contributed by atoms with Crippen molar-refractivity contribution in [1.82, 2.24) is 9.97 Å². The molecule has 0 aliphatic heterocycles. The molecule has 0 aliphatic rings. The van der Waals surface area contributed by atoms with Crippen LogP contribution in [0.1, 0.15) is 5.76 Å². The van der Waals surface area contributed by atoms with Gasteiger partial charge in [-0.3, -0.25) is 4.79 Å². The number of aromatic hydroxyl groups is 1. The molecule has 0 spiro atoms. The third kappa shape index (κ3) is 3.90. The van der Waals surface area contributed by atoms with Crippen molar-refractivity contribution in [1.29, 1.82) is 0 Å². The molecule has 0 fully saturated rings. The zero-order valence-electron chi connectivity index (χ0n) is 17.8. The first-order chi connectivity index (χ1) is 14.9. The minimum atomic E-state index is -0.508. The van der Waals surface area contributed by atoms with Gasteiger partial charge in [0.15, 0.2) is 5.76 Å². The van der Waals surface area contributed by atoms with E-state index in [0.717, 1.165) is 16.8 Å². The third-order valence-electron chi connectivity index (χ3n) is 5.00. The van der Waals surface area contributed by atoms with Gasteiger partial charge in [-0.1, -0.05) is 0 Å². The van der Waals surface area contributed by atoms with Gasteiger partial charge in [0.25, 0.3) is 0 Å². The van der Waals surface area contributed by atoms with Crippen molar-refractivity contribution in [3.8, 4) is 45.6 Å². The number of H-pyrrole nitrogens is 1. The van der Waals surface area contributed by atoms with Gasteiger partial charge in [-0.15, -0.1) is 0 Å². The first-order valence-electron chi connectivity index (χ1n) is 9.73. The summed E-state index contributed by atoms with van der Waals surface area (Å²) in [7, 11) is 5.55. The Bertz CT molecular complexity index is 1270. The van der Waals surface area contributed by atoms with E-state index < -0.39 is 11.2 Å². The molecule has 2 heterocycles. The molecule has 0 saturated carbocycles. The Morgan fingerprint density at radius 1 is 1.03 bits per heavy atom. The fourth-order valence-electron chi connectivity index (χ4n) is 3.32. The lowest BCUT2D eigenvalue weighted by Gasteiger charge is -2.12. The highest BCUT2D eigenvalue weighted by atomic mass is 16.5. The van der Waals surface area contributed by atoms with E-state index in [2.05, 4.69) is 4.98 Å². The van der Waals surface area contributed by atoms with Crippen molar-refractivity contribution in [2.75, 3.05) is 26.1 Å². The summed E-state index contributed by atoms with van der Waals surface area (Å²) >= 11 is 0. The molecule has 4 aromatic rings. The number of ether oxygens (including phenoxy) is 1. The minimum absolute atomic E-state index is 0.0551. The number of aromatic nitrogens is 2. The zero-order chi connectivity index (χ0) is 22.1. The van der Waals surface area contributed by atoms with Crippen LogP contribution in [-0.4, -0.2) is 36.3 Å². The van der Waals surface area contributed by atoms with E-state index in [1.165, 1.54) is 6.07 Å². The van der Waals surface area contributed by atoms with Crippen LogP contribution in [0.5, 0.6) is 11.5 Å². The van der Waals surface area contributed by atoms with Gasteiger partial charge in [-0.25, -0.2) is 4.98 Å². The Balaban J connectivity index is 1.91. The highest BCUT2D eigenvalue weighted by Gasteiger charge is 2.22. The van der Waals surface area contributed by atoms with Gasteiger partial charge in [0.05, 0.1) is 7.11 Å². The van der Waals surface area contributed by atoms with E-state index in [9.17, 15) is 9.90 Å². The molecule has 0 amide bonds. The smallest absolute Gasteiger partial charge is 0.227 e. The van der Waals surface area contributed by atoms with Crippen LogP contribution in [0.3, 0.4) is 0 Å². The van der Waals surface area contributed by atoms with Crippen molar-refractivity contribution in [3.05, 3.63) is 70.6 Å². The fourth-order valence-corrected chi connectivity index (χ4v) is 3.32. The van der Waals surface area contributed by atoms with Crippen LogP contribution in [0.15, 0.2) is 63.8 Å². The van der Waals surface area contributed by atoms with Crippen molar-refractivity contribution in [2.45, 2.75) is 6.92 Å². The number of anilines is 1. The fraction of sp³-hybridized carbons (Fsp3) is 0.167. The Morgan fingerprint density at radius 2 is 1.68 bits per heavy atom. The van der Waals surface area contributed by atoms with E-state index in [4.69, 9.17) is 14.1 Å². The summed E-state index contributed by atoms with van der Waals surface area (Å²) < 4.78 is 11.0. The van der Waals surface area contributed by atoms with E-state index in [-0.39, 0.29) is 5.76 Å². The molecule has 7 nitrogen and oxygen atoms in total. The molecule has 0 atom stereocenters. The molecule has 158 valence electrons. The second-order valence-electron chi connectivity index (χ2n) is 7.38. The molecule has 0 bridgehead atoms. The molecule has 0 unspecified atom stereocenters. The molecule has 2 N–H and O–H groups in total. The maximum atomic E-state index is 12.2. The number of methoxy groups -OCH3 is 1. The second-order valence-corrected chi connectivity index (χ2v) is 7.38.